The van der Waals surface area contributed by atoms with Gasteiger partial charge in [-0.05, 0) is 30.2 Å². The van der Waals surface area contributed by atoms with E-state index in [0.717, 1.165) is 17.9 Å². The molecule has 0 spiro atoms. The third-order valence-electron chi connectivity index (χ3n) is 2.94. The van der Waals surface area contributed by atoms with Crippen molar-refractivity contribution in [2.75, 3.05) is 0 Å². The van der Waals surface area contributed by atoms with Gasteiger partial charge in [0, 0.05) is 29.9 Å². The number of thioether (sulfide) groups is 1. The second-order valence-corrected chi connectivity index (χ2v) is 5.29. The molecule has 0 amide bonds. The fourth-order valence-corrected chi connectivity index (χ4v) is 2.67. The van der Waals surface area contributed by atoms with Crippen LogP contribution < -0.4 is 5.73 Å². The quantitative estimate of drug-likeness (QED) is 0.842. The minimum absolute atomic E-state index is 0.604. The summed E-state index contributed by atoms with van der Waals surface area (Å²) in [6, 6.07) is 10.6. The Bertz CT molecular complexity index is 502. The molecule has 0 unspecified atom stereocenters. The Balaban J connectivity index is 1.99. The van der Waals surface area contributed by atoms with Crippen LogP contribution in [0, 0.1) is 0 Å². The van der Waals surface area contributed by atoms with Crippen molar-refractivity contribution >= 4 is 11.8 Å². The van der Waals surface area contributed by atoms with E-state index in [1.165, 1.54) is 16.2 Å². The molecular weight excluding hydrogens is 242 g/mol. The van der Waals surface area contributed by atoms with Crippen LogP contribution in [0.5, 0.6) is 0 Å². The first kappa shape index (κ1) is 13.2. The molecule has 0 bridgehead atoms. The monoisotopic (exact) mass is 261 g/mol. The SMILES string of the molecule is CCc1cc(CSc2ccc(CN)cc2)n(C)n1. The summed E-state index contributed by atoms with van der Waals surface area (Å²) < 4.78 is 1.97. The molecule has 2 aromatic rings. The number of rotatable bonds is 5. The van der Waals surface area contributed by atoms with Gasteiger partial charge in [0.1, 0.15) is 0 Å². The Kier molecular flexibility index (Phi) is 4.44. The number of aromatic nitrogens is 2. The van der Waals surface area contributed by atoms with Gasteiger partial charge in [0.25, 0.3) is 0 Å². The summed E-state index contributed by atoms with van der Waals surface area (Å²) in [6.45, 7) is 2.73. The zero-order valence-electron chi connectivity index (χ0n) is 10.9. The summed E-state index contributed by atoms with van der Waals surface area (Å²) >= 11 is 1.83. The first-order chi connectivity index (χ1) is 8.72. The van der Waals surface area contributed by atoms with Crippen LogP contribution in [0.4, 0.5) is 0 Å². The van der Waals surface area contributed by atoms with Crippen LogP contribution in [-0.2, 0) is 25.8 Å². The Morgan fingerprint density at radius 3 is 2.56 bits per heavy atom. The molecule has 1 heterocycles. The maximum absolute atomic E-state index is 5.58. The molecule has 0 fully saturated rings. The zero-order valence-corrected chi connectivity index (χ0v) is 11.7. The standard InChI is InChI=1S/C14H19N3S/c1-3-12-8-13(17(2)16-12)10-18-14-6-4-11(9-15)5-7-14/h4-8H,3,9-10,15H2,1-2H3. The Morgan fingerprint density at radius 1 is 1.28 bits per heavy atom. The lowest BCUT2D eigenvalue weighted by molar-refractivity contribution is 0.720. The Morgan fingerprint density at radius 2 is 2.00 bits per heavy atom. The fraction of sp³-hybridized carbons (Fsp3) is 0.357. The molecule has 0 radical (unpaired) electrons. The highest BCUT2D eigenvalue weighted by atomic mass is 32.2. The minimum Gasteiger partial charge on any atom is -0.326 e. The lowest BCUT2D eigenvalue weighted by Crippen LogP contribution is -1.97. The number of nitrogens with zero attached hydrogens (tertiary/aromatic N) is 2. The maximum atomic E-state index is 5.58. The summed E-state index contributed by atoms with van der Waals surface area (Å²) in [5, 5.41) is 4.46. The molecule has 0 atom stereocenters. The van der Waals surface area contributed by atoms with Crippen molar-refractivity contribution in [3.8, 4) is 0 Å². The molecule has 4 heteroatoms. The van der Waals surface area contributed by atoms with Crippen LogP contribution in [-0.4, -0.2) is 9.78 Å². The van der Waals surface area contributed by atoms with E-state index in [-0.39, 0.29) is 0 Å². The summed E-state index contributed by atoms with van der Waals surface area (Å²) in [4.78, 5) is 1.27. The van der Waals surface area contributed by atoms with Gasteiger partial charge >= 0.3 is 0 Å². The lowest BCUT2D eigenvalue weighted by Gasteiger charge is -2.03. The van der Waals surface area contributed by atoms with Crippen LogP contribution in [0.15, 0.2) is 35.2 Å². The largest absolute Gasteiger partial charge is 0.326 e. The first-order valence-electron chi connectivity index (χ1n) is 6.16. The van der Waals surface area contributed by atoms with Crippen LogP contribution in [0.1, 0.15) is 23.9 Å². The maximum Gasteiger partial charge on any atom is 0.0625 e. The van der Waals surface area contributed by atoms with Gasteiger partial charge in [0.05, 0.1) is 5.69 Å². The molecule has 0 aliphatic carbocycles. The molecule has 18 heavy (non-hydrogen) atoms. The first-order valence-corrected chi connectivity index (χ1v) is 7.15. The van der Waals surface area contributed by atoms with E-state index >= 15 is 0 Å². The van der Waals surface area contributed by atoms with Crippen molar-refractivity contribution in [2.45, 2.75) is 30.5 Å². The fourth-order valence-electron chi connectivity index (χ4n) is 1.76. The van der Waals surface area contributed by atoms with Gasteiger partial charge in [0.2, 0.25) is 0 Å². The van der Waals surface area contributed by atoms with E-state index in [2.05, 4.69) is 42.4 Å². The Labute approximate surface area is 112 Å². The van der Waals surface area contributed by atoms with Crippen LogP contribution >= 0.6 is 11.8 Å². The number of hydrogen-bond donors (Lipinski definition) is 1. The predicted molar refractivity (Wildman–Crippen MR) is 76.5 cm³/mol. The molecule has 0 aliphatic heterocycles. The van der Waals surface area contributed by atoms with E-state index in [1.807, 2.05) is 23.5 Å². The summed E-state index contributed by atoms with van der Waals surface area (Å²) in [5.74, 6) is 0.950. The van der Waals surface area contributed by atoms with Crippen molar-refractivity contribution in [1.82, 2.24) is 9.78 Å². The zero-order chi connectivity index (χ0) is 13.0. The second kappa shape index (κ2) is 6.07. The van der Waals surface area contributed by atoms with Crippen molar-refractivity contribution in [2.24, 2.45) is 12.8 Å². The van der Waals surface area contributed by atoms with Crippen molar-refractivity contribution in [3.05, 3.63) is 47.3 Å². The smallest absolute Gasteiger partial charge is 0.0625 e. The van der Waals surface area contributed by atoms with Gasteiger partial charge in [-0.2, -0.15) is 5.10 Å². The highest BCUT2D eigenvalue weighted by molar-refractivity contribution is 7.98. The molecule has 3 nitrogen and oxygen atoms in total. The van der Waals surface area contributed by atoms with Crippen molar-refractivity contribution in [1.29, 1.82) is 0 Å². The van der Waals surface area contributed by atoms with E-state index in [0.29, 0.717) is 6.54 Å². The van der Waals surface area contributed by atoms with Gasteiger partial charge in [0.15, 0.2) is 0 Å². The molecular formula is C14H19N3S. The molecule has 0 saturated heterocycles. The molecule has 96 valence electrons. The summed E-state index contributed by atoms with van der Waals surface area (Å²) in [7, 11) is 2.01. The van der Waals surface area contributed by atoms with Gasteiger partial charge in [-0.3, -0.25) is 4.68 Å². The molecule has 2 rings (SSSR count). The van der Waals surface area contributed by atoms with Gasteiger partial charge in [-0.1, -0.05) is 19.1 Å². The Hall–Kier alpha value is -1.26. The molecule has 0 aliphatic rings. The topological polar surface area (TPSA) is 43.8 Å². The minimum atomic E-state index is 0.604. The van der Waals surface area contributed by atoms with E-state index in [9.17, 15) is 0 Å². The van der Waals surface area contributed by atoms with Gasteiger partial charge in [-0.15, -0.1) is 11.8 Å². The van der Waals surface area contributed by atoms with E-state index in [1.54, 1.807) is 0 Å². The molecule has 1 aromatic heterocycles. The van der Waals surface area contributed by atoms with Crippen molar-refractivity contribution in [3.63, 3.8) is 0 Å². The third kappa shape index (κ3) is 3.15. The molecule has 2 N–H and O–H groups in total. The number of aryl methyl sites for hydroxylation is 2. The van der Waals surface area contributed by atoms with Gasteiger partial charge < -0.3 is 5.73 Å². The van der Waals surface area contributed by atoms with Crippen LogP contribution in [0.25, 0.3) is 0 Å². The van der Waals surface area contributed by atoms with Crippen LogP contribution in [0.2, 0.25) is 0 Å². The third-order valence-corrected chi connectivity index (χ3v) is 3.98. The van der Waals surface area contributed by atoms with Crippen LogP contribution in [0.3, 0.4) is 0 Å². The van der Waals surface area contributed by atoms with E-state index in [4.69, 9.17) is 5.73 Å². The highest BCUT2D eigenvalue weighted by Gasteiger charge is 2.04. The summed E-state index contributed by atoms with van der Waals surface area (Å²) in [5.41, 5.74) is 9.18. The van der Waals surface area contributed by atoms with Gasteiger partial charge in [-0.25, -0.2) is 0 Å². The average Bonchev–Trinajstić information content (AvgIpc) is 2.77. The van der Waals surface area contributed by atoms with Crippen molar-refractivity contribution < 1.29 is 0 Å². The summed E-state index contributed by atoms with van der Waals surface area (Å²) in [6.07, 6.45) is 0.990. The highest BCUT2D eigenvalue weighted by Crippen LogP contribution is 2.23. The lowest BCUT2D eigenvalue weighted by atomic mass is 10.2. The predicted octanol–water partition coefficient (Wildman–Crippen LogP) is 2.73. The van der Waals surface area contributed by atoms with E-state index < -0.39 is 0 Å². The normalized spacial score (nSPS) is 10.8. The number of nitrogens with two attached hydrogens (primary N) is 1. The number of benzene rings is 1. The number of hydrogen-bond acceptors (Lipinski definition) is 3. The second-order valence-electron chi connectivity index (χ2n) is 4.24. The average molecular weight is 261 g/mol. The molecule has 1 aromatic carbocycles. The molecule has 0 saturated carbocycles.